The van der Waals surface area contributed by atoms with Crippen molar-refractivity contribution in [2.24, 2.45) is 34.5 Å². The van der Waals surface area contributed by atoms with Crippen LogP contribution in [0.5, 0.6) is 0 Å². The molecule has 0 heterocycles. The molecule has 0 aromatic heterocycles. The van der Waals surface area contributed by atoms with Crippen LogP contribution in [0.1, 0.15) is 81.1 Å². The average Bonchev–Trinajstić information content (AvgIpc) is 3.18. The predicted molar refractivity (Wildman–Crippen MR) is 170 cm³/mol. The summed E-state index contributed by atoms with van der Waals surface area (Å²) in [6.45, 7) is 20.9. The van der Waals surface area contributed by atoms with Crippen LogP contribution in [0.2, 0.25) is 18.1 Å². The maximum absolute atomic E-state index is 14.0. The number of ketones is 2. The SMILES string of the molecule is CCOP(=O)(CO[C@H]1C[C@@]2(C)[C@@H](CC[C@]2(O)C(=O)CO[Si](C)(C)C(C)(C)C)[C@@H]2C[C@H](C)C3=CC(=O)C=C[C@]3(C)[C@H]21)OCC. The van der Waals surface area contributed by atoms with E-state index in [1.165, 1.54) is 0 Å². The molecule has 1 N–H and O–H groups in total. The van der Waals surface area contributed by atoms with E-state index in [1.54, 1.807) is 26.0 Å². The van der Waals surface area contributed by atoms with Crippen molar-refractivity contribution in [2.45, 2.75) is 111 Å². The molecule has 0 amide bonds. The van der Waals surface area contributed by atoms with Gasteiger partial charge in [0, 0.05) is 16.7 Å². The van der Waals surface area contributed by atoms with Crippen LogP contribution in [0, 0.1) is 34.5 Å². The number of carbonyl (C=O) groups is 2. The summed E-state index contributed by atoms with van der Waals surface area (Å²) in [5.41, 5.74) is -1.67. The molecule has 4 aliphatic carbocycles. The molecule has 4 aliphatic rings. The first kappa shape index (κ1) is 34.9. The van der Waals surface area contributed by atoms with Crippen LogP contribution < -0.4 is 0 Å². The highest BCUT2D eigenvalue weighted by atomic mass is 31.2. The van der Waals surface area contributed by atoms with Gasteiger partial charge in [0.15, 0.2) is 19.9 Å². The molecule has 244 valence electrons. The Morgan fingerprint density at radius 2 is 1.79 bits per heavy atom. The van der Waals surface area contributed by atoms with Crippen LogP contribution in [-0.2, 0) is 32.4 Å². The third-order valence-corrected chi connectivity index (χ3v) is 18.1. The molecule has 0 bridgehead atoms. The molecular weight excluding hydrogens is 583 g/mol. The van der Waals surface area contributed by atoms with E-state index in [2.05, 4.69) is 47.7 Å². The first-order valence-corrected chi connectivity index (χ1v) is 20.8. The second-order valence-corrected chi connectivity index (χ2v) is 22.1. The minimum absolute atomic E-state index is 0.00402. The number of fused-ring (bicyclic) bond motifs is 5. The van der Waals surface area contributed by atoms with E-state index in [4.69, 9.17) is 18.2 Å². The number of carbonyl (C=O) groups excluding carboxylic acids is 2. The monoisotopic (exact) mass is 638 g/mol. The van der Waals surface area contributed by atoms with E-state index >= 15 is 0 Å². The Balaban J connectivity index is 1.72. The van der Waals surface area contributed by atoms with Gasteiger partial charge in [0.05, 0.1) is 25.9 Å². The Morgan fingerprint density at radius 3 is 2.37 bits per heavy atom. The quantitative estimate of drug-likeness (QED) is 0.189. The summed E-state index contributed by atoms with van der Waals surface area (Å²) >= 11 is 0. The van der Waals surface area contributed by atoms with E-state index in [0.717, 1.165) is 18.4 Å². The first-order chi connectivity index (χ1) is 19.8. The molecule has 10 heteroatoms. The van der Waals surface area contributed by atoms with Crippen molar-refractivity contribution in [3.05, 3.63) is 23.8 Å². The van der Waals surface area contributed by atoms with Crippen LogP contribution in [0.4, 0.5) is 0 Å². The molecule has 0 aromatic rings. The van der Waals surface area contributed by atoms with Gasteiger partial charge in [0.2, 0.25) is 0 Å². The Bertz CT molecular complexity index is 1200. The van der Waals surface area contributed by atoms with Gasteiger partial charge >= 0.3 is 7.60 Å². The van der Waals surface area contributed by atoms with Crippen molar-refractivity contribution < 1.29 is 37.5 Å². The van der Waals surface area contributed by atoms with Crippen molar-refractivity contribution in [3.63, 3.8) is 0 Å². The zero-order valence-electron chi connectivity index (χ0n) is 28.0. The van der Waals surface area contributed by atoms with E-state index in [0.29, 0.717) is 12.8 Å². The molecule has 3 fully saturated rings. The van der Waals surface area contributed by atoms with Crippen molar-refractivity contribution in [1.82, 2.24) is 0 Å². The summed E-state index contributed by atoms with van der Waals surface area (Å²) in [6, 6.07) is 0. The third-order valence-electron chi connectivity index (χ3n) is 11.9. The van der Waals surface area contributed by atoms with Crippen LogP contribution in [0.3, 0.4) is 0 Å². The van der Waals surface area contributed by atoms with Gasteiger partial charge in [-0.15, -0.1) is 0 Å². The number of hydrogen-bond acceptors (Lipinski definition) is 8. The van der Waals surface area contributed by atoms with Crippen LogP contribution in [0.15, 0.2) is 23.8 Å². The van der Waals surface area contributed by atoms with E-state index in [9.17, 15) is 19.3 Å². The molecule has 0 aliphatic heterocycles. The highest BCUT2D eigenvalue weighted by molar-refractivity contribution is 7.53. The Hall–Kier alpha value is -0.933. The van der Waals surface area contributed by atoms with E-state index < -0.39 is 38.4 Å². The number of ether oxygens (including phenoxy) is 1. The minimum Gasteiger partial charge on any atom is -0.409 e. The summed E-state index contributed by atoms with van der Waals surface area (Å²) in [4.78, 5) is 26.5. The molecule has 0 aromatic carbocycles. The van der Waals surface area contributed by atoms with Gasteiger partial charge in [-0.25, -0.2) is 0 Å². The van der Waals surface area contributed by atoms with E-state index in [1.807, 2.05) is 13.0 Å². The van der Waals surface area contributed by atoms with Gasteiger partial charge in [0.25, 0.3) is 0 Å². The number of hydrogen-bond donors (Lipinski definition) is 1. The zero-order chi connectivity index (χ0) is 32.2. The molecule has 0 saturated heterocycles. The largest absolute Gasteiger partial charge is 0.409 e. The maximum Gasteiger partial charge on any atom is 0.356 e. The zero-order valence-corrected chi connectivity index (χ0v) is 29.9. The second-order valence-electron chi connectivity index (χ2n) is 15.3. The van der Waals surface area contributed by atoms with Crippen molar-refractivity contribution in [1.29, 1.82) is 0 Å². The average molecular weight is 639 g/mol. The number of rotatable bonds is 11. The highest BCUT2D eigenvalue weighted by Gasteiger charge is 2.69. The Morgan fingerprint density at radius 1 is 1.16 bits per heavy atom. The van der Waals surface area contributed by atoms with Crippen LogP contribution >= 0.6 is 7.60 Å². The highest BCUT2D eigenvalue weighted by Crippen LogP contribution is 2.68. The molecule has 43 heavy (non-hydrogen) atoms. The lowest BCUT2D eigenvalue weighted by atomic mass is 9.44. The first-order valence-electron chi connectivity index (χ1n) is 16.1. The predicted octanol–water partition coefficient (Wildman–Crippen LogP) is 7.08. The summed E-state index contributed by atoms with van der Waals surface area (Å²) in [5, 5.41) is 12.3. The molecule has 4 rings (SSSR count). The molecule has 3 saturated carbocycles. The topological polar surface area (TPSA) is 108 Å². The van der Waals surface area contributed by atoms with Crippen molar-refractivity contribution >= 4 is 27.5 Å². The standard InChI is InChI=1S/C33H55O8PSi/c1-11-39-42(37,40-12-2)21-38-27-19-32(8)25(14-16-33(32,36)28(35)20-41-43(9,10)30(4,5)6)24-17-22(3)26-18-23(34)13-15-31(26,7)29(24)27/h13,15,18,22,24-25,27,29,36H,11-12,14,16-17,19-21H2,1-10H3/t22-,24-,25-,27-,29+,31-,32-,33-/m0/s1. The number of allylic oxidation sites excluding steroid dienone is 4. The second kappa shape index (κ2) is 12.0. The van der Waals surface area contributed by atoms with Crippen LogP contribution in [0.25, 0.3) is 0 Å². The molecule has 0 spiro atoms. The number of aliphatic hydroxyl groups is 1. The summed E-state index contributed by atoms with van der Waals surface area (Å²) in [5.74, 6) is 0.0720. The van der Waals surface area contributed by atoms with Crippen molar-refractivity contribution in [3.8, 4) is 0 Å². The Kier molecular flexibility index (Phi) is 9.76. The van der Waals surface area contributed by atoms with Crippen molar-refractivity contribution in [2.75, 3.05) is 26.2 Å². The number of Topliss-reactive ketones (excluding diaryl/α,β-unsaturated/α-hetero) is 1. The molecule has 0 unspecified atom stereocenters. The van der Waals surface area contributed by atoms with Gasteiger partial charge in [-0.3, -0.25) is 14.2 Å². The smallest absolute Gasteiger partial charge is 0.356 e. The molecule has 0 radical (unpaired) electrons. The van der Waals surface area contributed by atoms with Gasteiger partial charge < -0.3 is 23.3 Å². The lowest BCUT2D eigenvalue weighted by Crippen LogP contribution is -2.63. The molecule has 8 atom stereocenters. The van der Waals surface area contributed by atoms with Crippen LogP contribution in [-0.4, -0.2) is 62.9 Å². The van der Waals surface area contributed by atoms with Gasteiger partial charge in [0.1, 0.15) is 11.9 Å². The maximum atomic E-state index is 14.0. The normalized spacial score (nSPS) is 37.9. The fourth-order valence-corrected chi connectivity index (χ4v) is 10.9. The van der Waals surface area contributed by atoms with Gasteiger partial charge in [-0.1, -0.05) is 53.2 Å². The molecule has 8 nitrogen and oxygen atoms in total. The lowest BCUT2D eigenvalue weighted by molar-refractivity contribution is -0.186. The Labute approximate surface area is 260 Å². The lowest BCUT2D eigenvalue weighted by Gasteiger charge is -2.61. The fraction of sp³-hybridized carbons (Fsp3) is 0.818. The third kappa shape index (κ3) is 6.02. The minimum atomic E-state index is -3.51. The summed E-state index contributed by atoms with van der Waals surface area (Å²) in [6.07, 6.45) is 7.16. The summed E-state index contributed by atoms with van der Waals surface area (Å²) < 4.78 is 37.6. The van der Waals surface area contributed by atoms with E-state index in [-0.39, 0.29) is 66.4 Å². The summed E-state index contributed by atoms with van der Waals surface area (Å²) in [7, 11) is -5.73. The van der Waals surface area contributed by atoms with Gasteiger partial charge in [-0.2, -0.15) is 0 Å². The fourth-order valence-electron chi connectivity index (χ4n) is 8.61. The molecular formula is C33H55O8PSi. The van der Waals surface area contributed by atoms with Gasteiger partial charge in [-0.05, 0) is 87.6 Å².